The van der Waals surface area contributed by atoms with Crippen molar-refractivity contribution in [3.8, 4) is 0 Å². The van der Waals surface area contributed by atoms with Crippen molar-refractivity contribution in [1.82, 2.24) is 5.32 Å². The van der Waals surface area contributed by atoms with Gasteiger partial charge in [0.1, 0.15) is 34.0 Å². The Morgan fingerprint density at radius 3 is 1.75 bits per heavy atom. The maximum atomic E-state index is 12.5. The van der Waals surface area contributed by atoms with E-state index in [0.717, 1.165) is 105 Å². The van der Waals surface area contributed by atoms with E-state index in [1.54, 1.807) is 48.5 Å². The Morgan fingerprint density at radius 2 is 1.20 bits per heavy atom. The third kappa shape index (κ3) is 19.8. The minimum atomic E-state index is -0.747. The Hall–Kier alpha value is -4.02. The summed E-state index contributed by atoms with van der Waals surface area (Å²) in [6.45, 7) is 17.9. The Bertz CT molecular complexity index is 1520. The van der Waals surface area contributed by atoms with E-state index in [4.69, 9.17) is 24.0 Å². The van der Waals surface area contributed by atoms with Gasteiger partial charge in [-0.25, -0.2) is 14.4 Å². The molecule has 0 fully saturated rings. The van der Waals surface area contributed by atoms with Crippen LogP contribution >= 0.6 is 0 Å². The number of hydrogen-bond donors (Lipinski definition) is 2. The molecule has 51 heavy (non-hydrogen) atoms. The van der Waals surface area contributed by atoms with Crippen LogP contribution in [-0.2, 0) is 20.6 Å². The van der Waals surface area contributed by atoms with Crippen molar-refractivity contribution in [2.75, 3.05) is 0 Å². The number of ether oxygens (including phenoxy) is 3. The third-order valence-electron chi connectivity index (χ3n) is 7.43. The molecule has 11 heteroatoms. The molecule has 2 rings (SSSR count). The Labute approximate surface area is 304 Å². The molecule has 0 unspecified atom stereocenters. The van der Waals surface area contributed by atoms with Crippen LogP contribution in [0, 0.1) is 5.41 Å². The van der Waals surface area contributed by atoms with E-state index in [1.165, 1.54) is 0 Å². The predicted octanol–water partition coefficient (Wildman–Crippen LogP) is 11.3. The van der Waals surface area contributed by atoms with Crippen molar-refractivity contribution >= 4 is 46.5 Å². The van der Waals surface area contributed by atoms with Gasteiger partial charge >= 0.3 is 18.3 Å². The summed E-state index contributed by atoms with van der Waals surface area (Å²) in [7, 11) is 0. The average Bonchev–Trinajstić information content (AvgIpc) is 3.37. The topological polar surface area (TPSA) is 153 Å². The second-order valence-electron chi connectivity index (χ2n) is 16.1. The standard InChI is InChI=1S/C40H62N4O7/c1-28(41)29-24-25-33-30(26-29)27-32(48-33)22-19-18-21-31(42-35(45)49-38(2,3)4)20-16-14-12-11-13-15-17-23-34(43-36(46)50-39(5,6)7)44-37(47)51-40(8,9)10/h24-27,41H,11-23H2,1-10H3,(H,43,44,46,47)/b41-28?,42-31+. The van der Waals surface area contributed by atoms with Gasteiger partial charge in [0.25, 0.3) is 0 Å². The van der Waals surface area contributed by atoms with Crippen molar-refractivity contribution in [2.24, 2.45) is 9.98 Å². The van der Waals surface area contributed by atoms with Crippen LogP contribution in [0.1, 0.15) is 158 Å². The molecule has 0 spiro atoms. The average molecular weight is 711 g/mol. The zero-order valence-corrected chi connectivity index (χ0v) is 32.8. The number of alkyl carbamates (subject to hydrolysis) is 1. The highest BCUT2D eigenvalue weighted by atomic mass is 16.6. The molecule has 0 saturated heterocycles. The number of aryl methyl sites for hydroxylation is 1. The Morgan fingerprint density at radius 1 is 0.686 bits per heavy atom. The lowest BCUT2D eigenvalue weighted by atomic mass is 10.0. The number of benzene rings is 1. The highest BCUT2D eigenvalue weighted by molar-refractivity contribution is 6.00. The monoisotopic (exact) mass is 710 g/mol. The highest BCUT2D eigenvalue weighted by Gasteiger charge is 2.20. The SMILES string of the molecule is CC(=N)c1ccc2oc(CCCC/C(CCCCCCCCC/C(=N/C(=O)OC(C)(C)C)NC(=O)OC(C)(C)C)=N/C(=O)OC(C)(C)C)cc2c1. The van der Waals surface area contributed by atoms with Gasteiger partial charge in [-0.05, 0) is 138 Å². The second-order valence-corrected chi connectivity index (χ2v) is 16.1. The summed E-state index contributed by atoms with van der Waals surface area (Å²) in [6.07, 6.45) is 9.27. The van der Waals surface area contributed by atoms with Gasteiger partial charge in [0.05, 0.1) is 0 Å². The fraction of sp³-hybridized carbons (Fsp3) is 0.650. The largest absolute Gasteiger partial charge is 0.461 e. The van der Waals surface area contributed by atoms with E-state index < -0.39 is 35.1 Å². The first kappa shape index (κ1) is 43.1. The van der Waals surface area contributed by atoms with Crippen molar-refractivity contribution in [1.29, 1.82) is 5.41 Å². The quantitative estimate of drug-likeness (QED) is 0.0760. The van der Waals surface area contributed by atoms with Crippen LogP contribution in [0.5, 0.6) is 0 Å². The van der Waals surface area contributed by atoms with E-state index in [1.807, 2.05) is 39.0 Å². The molecule has 1 aromatic carbocycles. The normalized spacial score (nSPS) is 12.9. The lowest BCUT2D eigenvalue weighted by Crippen LogP contribution is -2.37. The summed E-state index contributed by atoms with van der Waals surface area (Å²) < 4.78 is 22.1. The van der Waals surface area contributed by atoms with Crippen molar-refractivity contribution in [2.45, 2.75) is 170 Å². The second kappa shape index (κ2) is 20.1. The number of amidine groups is 1. The summed E-state index contributed by atoms with van der Waals surface area (Å²) in [4.78, 5) is 45.5. The predicted molar refractivity (Wildman–Crippen MR) is 205 cm³/mol. The molecule has 0 aliphatic heterocycles. The Balaban J connectivity index is 1.80. The number of hydrogen-bond acceptors (Lipinski definition) is 8. The number of carbonyl (C=O) groups is 3. The van der Waals surface area contributed by atoms with E-state index in [2.05, 4.69) is 21.4 Å². The molecule has 284 valence electrons. The molecule has 0 aliphatic carbocycles. The van der Waals surface area contributed by atoms with Gasteiger partial charge in [0, 0.05) is 29.7 Å². The van der Waals surface area contributed by atoms with E-state index in [9.17, 15) is 14.4 Å². The zero-order valence-electron chi connectivity index (χ0n) is 32.8. The van der Waals surface area contributed by atoms with Crippen LogP contribution in [0.2, 0.25) is 0 Å². The Kier molecular flexibility index (Phi) is 17.0. The molecule has 0 saturated carbocycles. The maximum Gasteiger partial charge on any atom is 0.435 e. The minimum absolute atomic E-state index is 0.237. The van der Waals surface area contributed by atoms with Crippen LogP contribution in [-0.4, -0.2) is 52.3 Å². The minimum Gasteiger partial charge on any atom is -0.461 e. The van der Waals surface area contributed by atoms with Gasteiger partial charge < -0.3 is 24.0 Å². The molecule has 3 amide bonds. The molecular weight excluding hydrogens is 648 g/mol. The van der Waals surface area contributed by atoms with E-state index in [-0.39, 0.29) is 5.84 Å². The zero-order chi connectivity index (χ0) is 38.2. The molecule has 0 bridgehead atoms. The highest BCUT2D eigenvalue weighted by Crippen LogP contribution is 2.23. The number of aliphatic imine (C=N–C) groups is 2. The molecule has 11 nitrogen and oxygen atoms in total. The van der Waals surface area contributed by atoms with Gasteiger partial charge in [0.15, 0.2) is 0 Å². The first-order valence-corrected chi connectivity index (χ1v) is 18.4. The van der Waals surface area contributed by atoms with Gasteiger partial charge in [0.2, 0.25) is 0 Å². The first-order valence-electron chi connectivity index (χ1n) is 18.4. The maximum absolute atomic E-state index is 12.5. The van der Waals surface area contributed by atoms with Crippen LogP contribution in [0.15, 0.2) is 38.7 Å². The molecule has 2 N–H and O–H groups in total. The fourth-order valence-electron chi connectivity index (χ4n) is 5.20. The number of nitrogens with one attached hydrogen (secondary N) is 2. The number of nitrogens with zero attached hydrogens (tertiary/aromatic N) is 2. The number of rotatable bonds is 16. The van der Waals surface area contributed by atoms with Gasteiger partial charge in [-0.1, -0.05) is 32.1 Å². The molecule has 0 atom stereocenters. The smallest absolute Gasteiger partial charge is 0.435 e. The van der Waals surface area contributed by atoms with Crippen molar-refractivity contribution in [3.05, 3.63) is 35.6 Å². The van der Waals surface area contributed by atoms with Gasteiger partial charge in [-0.15, -0.1) is 0 Å². The van der Waals surface area contributed by atoms with Gasteiger partial charge in [-0.2, -0.15) is 9.98 Å². The van der Waals surface area contributed by atoms with Crippen LogP contribution in [0.3, 0.4) is 0 Å². The molecule has 0 radical (unpaired) electrons. The number of amides is 3. The van der Waals surface area contributed by atoms with Crippen LogP contribution < -0.4 is 5.32 Å². The number of unbranched alkanes of at least 4 members (excludes halogenated alkanes) is 7. The lowest BCUT2D eigenvalue weighted by Gasteiger charge is -2.20. The number of furan rings is 1. The molecule has 1 heterocycles. The molecular formula is C40H62N4O7. The van der Waals surface area contributed by atoms with Gasteiger partial charge in [-0.3, -0.25) is 5.32 Å². The fourth-order valence-corrected chi connectivity index (χ4v) is 5.20. The van der Waals surface area contributed by atoms with E-state index in [0.29, 0.717) is 12.1 Å². The summed E-state index contributed by atoms with van der Waals surface area (Å²) in [5.41, 5.74) is 1.15. The third-order valence-corrected chi connectivity index (χ3v) is 7.43. The van der Waals surface area contributed by atoms with Crippen LogP contribution in [0.25, 0.3) is 11.0 Å². The first-order chi connectivity index (χ1) is 23.7. The molecule has 0 aliphatic rings. The summed E-state index contributed by atoms with van der Waals surface area (Å²) in [5.74, 6) is 1.15. The summed E-state index contributed by atoms with van der Waals surface area (Å²) in [5, 5.41) is 11.5. The molecule has 2 aromatic rings. The summed E-state index contributed by atoms with van der Waals surface area (Å²) >= 11 is 0. The molecule has 1 aromatic heterocycles. The van der Waals surface area contributed by atoms with Crippen LogP contribution in [0.4, 0.5) is 14.4 Å². The lowest BCUT2D eigenvalue weighted by molar-refractivity contribution is 0.0557. The number of carbonyl (C=O) groups excluding carboxylic acids is 3. The number of fused-ring (bicyclic) bond motifs is 1. The van der Waals surface area contributed by atoms with E-state index >= 15 is 0 Å². The van der Waals surface area contributed by atoms with Crippen molar-refractivity contribution in [3.63, 3.8) is 0 Å². The summed E-state index contributed by atoms with van der Waals surface area (Å²) in [6, 6.07) is 7.87. The van der Waals surface area contributed by atoms with Crippen molar-refractivity contribution < 1.29 is 33.0 Å².